The summed E-state index contributed by atoms with van der Waals surface area (Å²) in [5.41, 5.74) is 0. The Morgan fingerprint density at radius 3 is 2.48 bits per heavy atom. The van der Waals surface area contributed by atoms with Crippen molar-refractivity contribution in [2.24, 2.45) is 11.8 Å². The molecule has 1 N–H and O–H groups in total. The second-order valence-electron chi connectivity index (χ2n) is 7.44. The van der Waals surface area contributed by atoms with Crippen LogP contribution in [0, 0.1) is 11.8 Å². The zero-order valence-electron chi connectivity index (χ0n) is 14.6. The summed E-state index contributed by atoms with van der Waals surface area (Å²) >= 11 is 0. The Hall–Kier alpha value is -0.120. The van der Waals surface area contributed by atoms with Crippen LogP contribution in [0.2, 0.25) is 0 Å². The van der Waals surface area contributed by atoms with Gasteiger partial charge in [-0.3, -0.25) is 4.90 Å². The van der Waals surface area contributed by atoms with Crippen molar-refractivity contribution in [3.63, 3.8) is 0 Å². The van der Waals surface area contributed by atoms with E-state index in [0.29, 0.717) is 24.0 Å². The van der Waals surface area contributed by atoms with E-state index in [1.165, 1.54) is 45.1 Å². The van der Waals surface area contributed by atoms with Crippen molar-refractivity contribution in [1.29, 1.82) is 0 Å². The van der Waals surface area contributed by atoms with Crippen molar-refractivity contribution < 1.29 is 4.74 Å². The highest BCUT2D eigenvalue weighted by Crippen LogP contribution is 2.30. The summed E-state index contributed by atoms with van der Waals surface area (Å²) in [4.78, 5) is 2.77. The molecule has 0 amide bonds. The molecule has 1 aliphatic heterocycles. The summed E-state index contributed by atoms with van der Waals surface area (Å²) in [7, 11) is 1.84. The summed E-state index contributed by atoms with van der Waals surface area (Å²) in [6.07, 6.45) is 8.37. The van der Waals surface area contributed by atoms with Gasteiger partial charge in [0.15, 0.2) is 0 Å². The minimum Gasteiger partial charge on any atom is -0.383 e. The van der Waals surface area contributed by atoms with Gasteiger partial charge in [0.25, 0.3) is 0 Å². The zero-order valence-corrected chi connectivity index (χ0v) is 14.6. The van der Waals surface area contributed by atoms with Crippen LogP contribution in [0.25, 0.3) is 0 Å². The summed E-state index contributed by atoms with van der Waals surface area (Å²) in [6.45, 7) is 10.3. The van der Waals surface area contributed by atoms with E-state index in [9.17, 15) is 0 Å². The molecule has 3 atom stereocenters. The third kappa shape index (κ3) is 4.43. The lowest BCUT2D eigenvalue weighted by atomic mass is 9.81. The van der Waals surface area contributed by atoms with E-state index in [1.807, 2.05) is 7.11 Å². The maximum absolute atomic E-state index is 5.49. The number of nitrogens with zero attached hydrogens (tertiary/aromatic N) is 1. The van der Waals surface area contributed by atoms with Gasteiger partial charge in [0.2, 0.25) is 0 Å². The average Bonchev–Trinajstić information content (AvgIpc) is 2.52. The van der Waals surface area contributed by atoms with Crippen molar-refractivity contribution in [2.45, 2.75) is 77.4 Å². The summed E-state index contributed by atoms with van der Waals surface area (Å²) < 4.78 is 5.49. The Labute approximate surface area is 131 Å². The molecule has 21 heavy (non-hydrogen) atoms. The monoisotopic (exact) mass is 296 g/mol. The second-order valence-corrected chi connectivity index (χ2v) is 7.44. The van der Waals surface area contributed by atoms with E-state index in [1.54, 1.807) is 0 Å². The highest BCUT2D eigenvalue weighted by atomic mass is 16.5. The molecule has 124 valence electrons. The van der Waals surface area contributed by atoms with Crippen molar-refractivity contribution in [3.8, 4) is 0 Å². The molecular weight excluding hydrogens is 260 g/mol. The molecule has 3 unspecified atom stereocenters. The molecule has 0 aromatic rings. The molecule has 3 heteroatoms. The molecular formula is C18H36N2O. The molecule has 1 saturated carbocycles. The molecule has 1 saturated heterocycles. The van der Waals surface area contributed by atoms with Gasteiger partial charge in [-0.2, -0.15) is 0 Å². The van der Waals surface area contributed by atoms with Gasteiger partial charge in [0.05, 0.1) is 6.61 Å². The van der Waals surface area contributed by atoms with Gasteiger partial charge in [-0.15, -0.1) is 0 Å². The Morgan fingerprint density at radius 2 is 1.90 bits per heavy atom. The largest absolute Gasteiger partial charge is 0.383 e. The molecule has 0 aromatic carbocycles. The molecule has 1 aliphatic carbocycles. The Bertz CT molecular complexity index is 289. The zero-order chi connectivity index (χ0) is 15.2. The van der Waals surface area contributed by atoms with Gasteiger partial charge < -0.3 is 10.1 Å². The van der Waals surface area contributed by atoms with Gasteiger partial charge in [0.1, 0.15) is 0 Å². The maximum atomic E-state index is 5.49. The lowest BCUT2D eigenvalue weighted by Gasteiger charge is -2.48. The Kier molecular flexibility index (Phi) is 6.97. The molecule has 0 aromatic heterocycles. The predicted molar refractivity (Wildman–Crippen MR) is 89.7 cm³/mol. The number of hydrogen-bond acceptors (Lipinski definition) is 3. The van der Waals surface area contributed by atoms with Crippen LogP contribution in [0.4, 0.5) is 0 Å². The highest BCUT2D eigenvalue weighted by Gasteiger charge is 2.36. The second kappa shape index (κ2) is 8.50. The summed E-state index contributed by atoms with van der Waals surface area (Å²) in [6, 6.07) is 1.94. The summed E-state index contributed by atoms with van der Waals surface area (Å²) in [5, 5.41) is 3.89. The van der Waals surface area contributed by atoms with Crippen LogP contribution in [0.15, 0.2) is 0 Å². The van der Waals surface area contributed by atoms with Crippen LogP contribution in [0.1, 0.15) is 59.3 Å². The number of ether oxygens (including phenoxy) is 1. The van der Waals surface area contributed by atoms with Crippen molar-refractivity contribution in [2.75, 3.05) is 26.8 Å². The van der Waals surface area contributed by atoms with E-state index in [0.717, 1.165) is 19.1 Å². The quantitative estimate of drug-likeness (QED) is 0.814. The van der Waals surface area contributed by atoms with E-state index in [4.69, 9.17) is 4.74 Å². The first kappa shape index (κ1) is 17.2. The van der Waals surface area contributed by atoms with Crippen molar-refractivity contribution in [1.82, 2.24) is 10.2 Å². The van der Waals surface area contributed by atoms with Crippen LogP contribution in [0.5, 0.6) is 0 Å². The number of piperazine rings is 1. The summed E-state index contributed by atoms with van der Waals surface area (Å²) in [5.74, 6) is 1.60. The third-order valence-electron chi connectivity index (χ3n) is 5.71. The molecule has 0 bridgehead atoms. The number of rotatable bonds is 6. The van der Waals surface area contributed by atoms with Crippen LogP contribution in [-0.4, -0.2) is 49.8 Å². The van der Waals surface area contributed by atoms with Crippen LogP contribution >= 0.6 is 0 Å². The van der Waals surface area contributed by atoms with Gasteiger partial charge in [-0.05, 0) is 31.1 Å². The molecule has 0 radical (unpaired) electrons. The minimum atomic E-state index is 0.579. The fraction of sp³-hybridized carbons (Fsp3) is 1.00. The first-order chi connectivity index (χ1) is 10.2. The molecule has 3 nitrogen and oxygen atoms in total. The van der Waals surface area contributed by atoms with E-state index >= 15 is 0 Å². The molecule has 2 aliphatic rings. The lowest BCUT2D eigenvalue weighted by Crippen LogP contribution is -2.63. The van der Waals surface area contributed by atoms with Crippen molar-refractivity contribution >= 4 is 0 Å². The Morgan fingerprint density at radius 1 is 1.19 bits per heavy atom. The topological polar surface area (TPSA) is 24.5 Å². The third-order valence-corrected chi connectivity index (χ3v) is 5.71. The van der Waals surface area contributed by atoms with E-state index in [2.05, 4.69) is 31.0 Å². The van der Waals surface area contributed by atoms with Gasteiger partial charge >= 0.3 is 0 Å². The number of nitrogens with one attached hydrogen (secondary N) is 1. The first-order valence-electron chi connectivity index (χ1n) is 9.15. The molecule has 0 spiro atoms. The Balaban J connectivity index is 2.03. The average molecular weight is 296 g/mol. The van der Waals surface area contributed by atoms with Crippen molar-refractivity contribution in [3.05, 3.63) is 0 Å². The fourth-order valence-electron chi connectivity index (χ4n) is 4.35. The van der Waals surface area contributed by atoms with Crippen LogP contribution in [0.3, 0.4) is 0 Å². The molecule has 1 heterocycles. The first-order valence-corrected chi connectivity index (χ1v) is 9.15. The standard InChI is InChI=1S/C18H36N2O/c1-5-16(13-21-4)20-12-17(15-9-7-6-8-10-15)19-11-18(20)14(2)3/h14-19H,5-13H2,1-4H3. The number of methoxy groups -OCH3 is 1. The lowest BCUT2D eigenvalue weighted by molar-refractivity contribution is 0.00338. The smallest absolute Gasteiger partial charge is 0.0618 e. The van der Waals surface area contributed by atoms with E-state index < -0.39 is 0 Å². The maximum Gasteiger partial charge on any atom is 0.0618 e. The van der Waals surface area contributed by atoms with E-state index in [-0.39, 0.29) is 0 Å². The number of hydrogen-bond donors (Lipinski definition) is 1. The van der Waals surface area contributed by atoms with Crippen LogP contribution < -0.4 is 5.32 Å². The molecule has 2 fully saturated rings. The molecule has 2 rings (SSSR count). The minimum absolute atomic E-state index is 0.579. The normalized spacial score (nSPS) is 30.7. The van der Waals surface area contributed by atoms with Gasteiger partial charge in [0, 0.05) is 38.3 Å². The van der Waals surface area contributed by atoms with Gasteiger partial charge in [-0.25, -0.2) is 0 Å². The SMILES string of the molecule is CCC(COC)N1CC(C2CCCCC2)NCC1C(C)C. The highest BCUT2D eigenvalue weighted by molar-refractivity contribution is 4.94. The van der Waals surface area contributed by atoms with Gasteiger partial charge in [-0.1, -0.05) is 40.0 Å². The fourth-order valence-corrected chi connectivity index (χ4v) is 4.35. The predicted octanol–water partition coefficient (Wildman–Crippen LogP) is 3.29. The van der Waals surface area contributed by atoms with Crippen LogP contribution in [-0.2, 0) is 4.74 Å².